The highest BCUT2D eigenvalue weighted by atomic mass is 16.3. The van der Waals surface area contributed by atoms with E-state index in [1.54, 1.807) is 58.9 Å². The van der Waals surface area contributed by atoms with Crippen LogP contribution >= 0.6 is 0 Å². The molecule has 12 N–H and O–H groups in total. The molecule has 0 bridgehead atoms. The van der Waals surface area contributed by atoms with Gasteiger partial charge in [0, 0.05) is 67.0 Å². The van der Waals surface area contributed by atoms with E-state index in [0.717, 1.165) is 11.1 Å². The molecule has 0 aliphatic heterocycles. The third kappa shape index (κ3) is 16.5. The van der Waals surface area contributed by atoms with Crippen LogP contribution in [-0.2, 0) is 46.4 Å². The molecule has 0 unspecified atom stereocenters. The number of unbranched alkanes of at least 4 members (excludes halogenated alkanes) is 3. The van der Waals surface area contributed by atoms with Gasteiger partial charge in [0.05, 0.1) is 12.1 Å². The number of allylic oxidation sites excluding steroid dienone is 4. The highest BCUT2D eigenvalue weighted by molar-refractivity contribution is 6.24. The number of aliphatic imine (C=N–C) groups is 1. The van der Waals surface area contributed by atoms with Crippen molar-refractivity contribution in [1.82, 2.24) is 16.0 Å². The Morgan fingerprint density at radius 2 is 1.36 bits per heavy atom. The van der Waals surface area contributed by atoms with Crippen molar-refractivity contribution in [2.45, 2.75) is 136 Å². The molecule has 1 aliphatic carbocycles. The van der Waals surface area contributed by atoms with Gasteiger partial charge in [0.15, 0.2) is 23.3 Å². The first-order chi connectivity index (χ1) is 30.3. The van der Waals surface area contributed by atoms with Crippen LogP contribution in [0.1, 0.15) is 114 Å². The highest BCUT2D eigenvalue weighted by Crippen LogP contribution is 2.28. The average Bonchev–Trinajstić information content (AvgIpc) is 3.24. The summed E-state index contributed by atoms with van der Waals surface area (Å²) in [6.07, 6.45) is 4.44. The van der Waals surface area contributed by atoms with Gasteiger partial charge in [-0.1, -0.05) is 43.2 Å². The Morgan fingerprint density at radius 1 is 0.719 bits per heavy atom. The van der Waals surface area contributed by atoms with Gasteiger partial charge in [0.25, 0.3) is 0 Å². The van der Waals surface area contributed by atoms with Crippen molar-refractivity contribution < 1.29 is 38.7 Å². The lowest BCUT2D eigenvalue weighted by Gasteiger charge is -2.25. The maximum absolute atomic E-state index is 14.3. The second kappa shape index (κ2) is 25.8. The minimum Gasteiger partial charge on any atom is -0.508 e. The quantitative estimate of drug-likeness (QED) is 0.0279. The van der Waals surface area contributed by atoms with Crippen LogP contribution in [0.4, 0.5) is 0 Å². The molecule has 1 aliphatic rings. The normalized spacial score (nSPS) is 14.7. The molecule has 64 heavy (non-hydrogen) atoms. The van der Waals surface area contributed by atoms with Crippen molar-refractivity contribution in [3.05, 3.63) is 87.0 Å². The largest absolute Gasteiger partial charge is 0.508 e. The van der Waals surface area contributed by atoms with Crippen LogP contribution in [0.5, 0.6) is 5.75 Å². The zero-order chi connectivity index (χ0) is 47.5. The number of carbonyl (C=O) groups is 7. The van der Waals surface area contributed by atoms with E-state index in [1.165, 1.54) is 0 Å². The van der Waals surface area contributed by atoms with E-state index < -0.39 is 47.5 Å². The molecule has 16 heteroatoms. The molecule has 0 radical (unpaired) electrons. The molecule has 0 fully saturated rings. The molecule has 0 heterocycles. The summed E-state index contributed by atoms with van der Waals surface area (Å²) < 4.78 is 0. The van der Waals surface area contributed by atoms with Crippen LogP contribution in [0.25, 0.3) is 0 Å². The first kappa shape index (κ1) is 52.2. The summed E-state index contributed by atoms with van der Waals surface area (Å²) in [5.41, 5.74) is 27.7. The molecule has 0 saturated heterocycles. The number of phenolic OH excluding ortho intramolecular Hbond substituents is 1. The van der Waals surface area contributed by atoms with Crippen molar-refractivity contribution in [2.75, 3.05) is 13.1 Å². The van der Waals surface area contributed by atoms with Gasteiger partial charge >= 0.3 is 0 Å². The summed E-state index contributed by atoms with van der Waals surface area (Å²) in [6.45, 7) is 9.20. The number of nitrogens with zero attached hydrogens (tertiary/aromatic N) is 1. The number of phenols is 1. The zero-order valence-corrected chi connectivity index (χ0v) is 38.0. The van der Waals surface area contributed by atoms with Crippen molar-refractivity contribution in [2.24, 2.45) is 33.8 Å². The summed E-state index contributed by atoms with van der Waals surface area (Å²) in [5.74, 6) is -3.59. The van der Waals surface area contributed by atoms with Crippen LogP contribution in [0.15, 0.2) is 69.7 Å². The van der Waals surface area contributed by atoms with E-state index in [9.17, 15) is 38.7 Å². The molecular formula is C48H68N8O8. The lowest BCUT2D eigenvalue weighted by molar-refractivity contribution is -0.133. The molecule has 3 rings (SSSR count). The smallest absolute Gasteiger partial charge is 0.240 e. The number of benzene rings is 2. The van der Waals surface area contributed by atoms with Crippen LogP contribution in [0.3, 0.4) is 0 Å². The Balaban J connectivity index is 1.69. The van der Waals surface area contributed by atoms with E-state index in [2.05, 4.69) is 20.9 Å². The highest BCUT2D eigenvalue weighted by Gasteiger charge is 2.32. The van der Waals surface area contributed by atoms with E-state index in [-0.39, 0.29) is 74.3 Å². The van der Waals surface area contributed by atoms with Gasteiger partial charge in [0.1, 0.15) is 11.8 Å². The minimum atomic E-state index is -1.10. The lowest BCUT2D eigenvalue weighted by atomic mass is 9.84. The number of primary amides is 1. The number of hydrogen-bond donors (Lipinski definition) is 8. The van der Waals surface area contributed by atoms with E-state index in [1.807, 2.05) is 18.2 Å². The maximum Gasteiger partial charge on any atom is 0.240 e. The molecule has 0 aromatic heterocycles. The topological polar surface area (TPSA) is 292 Å². The predicted octanol–water partition coefficient (Wildman–Crippen LogP) is 3.25. The number of nitrogens with one attached hydrogen (secondary N) is 3. The van der Waals surface area contributed by atoms with Crippen LogP contribution < -0.4 is 38.9 Å². The van der Waals surface area contributed by atoms with E-state index >= 15 is 0 Å². The second-order valence-corrected chi connectivity index (χ2v) is 16.8. The van der Waals surface area contributed by atoms with Crippen LogP contribution in [0.2, 0.25) is 0 Å². The van der Waals surface area contributed by atoms with Crippen molar-refractivity contribution in [1.29, 1.82) is 0 Å². The Labute approximate surface area is 376 Å². The predicted molar refractivity (Wildman–Crippen MR) is 247 cm³/mol. The number of amides is 4. The second-order valence-electron chi connectivity index (χ2n) is 16.8. The van der Waals surface area contributed by atoms with E-state index in [0.29, 0.717) is 84.9 Å². The summed E-state index contributed by atoms with van der Waals surface area (Å²) in [5, 5.41) is 18.7. The Morgan fingerprint density at radius 3 is 2.00 bits per heavy atom. The Bertz CT molecular complexity index is 2090. The number of rotatable bonds is 27. The van der Waals surface area contributed by atoms with Gasteiger partial charge in [-0.25, -0.2) is 0 Å². The monoisotopic (exact) mass is 885 g/mol. The van der Waals surface area contributed by atoms with Gasteiger partial charge in [-0.3, -0.25) is 38.6 Å². The van der Waals surface area contributed by atoms with Crippen molar-refractivity contribution >= 4 is 46.9 Å². The van der Waals surface area contributed by atoms with Gasteiger partial charge < -0.3 is 44.0 Å². The van der Waals surface area contributed by atoms with Gasteiger partial charge in [-0.15, -0.1) is 0 Å². The molecule has 0 saturated carbocycles. The van der Waals surface area contributed by atoms with Crippen LogP contribution in [0, 0.1) is 19.8 Å². The molecule has 2 aromatic rings. The summed E-state index contributed by atoms with van der Waals surface area (Å²) in [7, 11) is 0. The summed E-state index contributed by atoms with van der Waals surface area (Å²) in [6, 6.07) is 9.05. The number of nitrogens with two attached hydrogens (primary N) is 4. The number of Topliss-reactive ketones (excluding diaryl/α,β-unsaturated/α-hetero) is 3. The van der Waals surface area contributed by atoms with Gasteiger partial charge in [-0.2, -0.15) is 0 Å². The Kier molecular flexibility index (Phi) is 21.1. The molecular weight excluding hydrogens is 817 g/mol. The van der Waals surface area contributed by atoms with Gasteiger partial charge in [0.2, 0.25) is 23.6 Å². The summed E-state index contributed by atoms with van der Waals surface area (Å²) in [4.78, 5) is 96.2. The van der Waals surface area contributed by atoms with Gasteiger partial charge in [-0.05, 0) is 114 Å². The molecule has 0 spiro atoms. The fourth-order valence-corrected chi connectivity index (χ4v) is 7.80. The third-order valence-corrected chi connectivity index (χ3v) is 11.8. The van der Waals surface area contributed by atoms with Crippen molar-refractivity contribution in [3.8, 4) is 5.75 Å². The summed E-state index contributed by atoms with van der Waals surface area (Å²) >= 11 is 0. The standard InChI is InChI=1S/C48H68N8O8/c1-28-23-35(57)24-29(2)37(28)27-39(55-47(64)38(49)19-14-22-54-48(51)52)41(58)26-34(46(63)56-40(45(50)62)25-33-15-8-6-9-16-33)17-12-13-21-53-42(59)20-11-7-10-18-36-32(5)43(60)30(3)31(4)44(36)61/h6,8-9,15-16,23-24,34,38-40,57H,7,10-14,17-22,25-27,49H2,1-5H3,(H2,50,62)(H,53,59)(H,55,64)(H,56,63)(H4,51,52,54)/t34-,38-,39+,40+/m1/s1. The zero-order valence-electron chi connectivity index (χ0n) is 38.0. The lowest BCUT2D eigenvalue weighted by Crippen LogP contribution is -2.51. The fourth-order valence-electron chi connectivity index (χ4n) is 7.80. The molecule has 4 amide bonds. The van der Waals surface area contributed by atoms with E-state index in [4.69, 9.17) is 22.9 Å². The first-order valence-electron chi connectivity index (χ1n) is 22.1. The number of hydrogen-bond acceptors (Lipinski definition) is 10. The number of carbonyl (C=O) groups excluding carboxylic acids is 7. The number of guanidine groups is 1. The molecule has 2 aromatic carbocycles. The molecule has 348 valence electrons. The number of aryl methyl sites for hydroxylation is 2. The third-order valence-electron chi connectivity index (χ3n) is 11.8. The van der Waals surface area contributed by atoms with Crippen molar-refractivity contribution in [3.63, 3.8) is 0 Å². The number of ketones is 3. The fraction of sp³-hybridized carbons (Fsp3) is 0.500. The average molecular weight is 885 g/mol. The van der Waals surface area contributed by atoms with Crippen LogP contribution in [-0.4, -0.2) is 83.3 Å². The maximum atomic E-state index is 14.3. The molecule has 4 atom stereocenters. The minimum absolute atomic E-state index is 0.0560. The molecule has 16 nitrogen and oxygen atoms in total. The SMILES string of the molecule is CC1=C(C)C(=O)C(CCCCCC(=O)NCCCC[C@H](CC(=O)[C@H](Cc2c(C)cc(O)cc2C)NC(=O)[C@H](N)CCCN=C(N)N)C(=O)N[C@@H](Cc2ccccc2)C(N)=O)=C(C)C1=O. The number of aromatic hydroxyl groups is 1. The first-order valence-corrected chi connectivity index (χ1v) is 22.1. The Hall–Kier alpha value is -6.16.